The third-order valence-electron chi connectivity index (χ3n) is 4.96. The number of sulfonamides is 1. The summed E-state index contributed by atoms with van der Waals surface area (Å²) in [6.07, 6.45) is 0.207. The second-order valence-corrected chi connectivity index (χ2v) is 12.7. The number of thioether (sulfide) groups is 1. The van der Waals surface area contributed by atoms with Crippen molar-refractivity contribution in [2.75, 3.05) is 5.75 Å². The van der Waals surface area contributed by atoms with Crippen molar-refractivity contribution in [1.82, 2.24) is 4.72 Å². The zero-order chi connectivity index (χ0) is 23.0. The predicted octanol–water partition coefficient (Wildman–Crippen LogP) is 2.59. The Labute approximate surface area is 185 Å². The van der Waals surface area contributed by atoms with Crippen molar-refractivity contribution in [3.8, 4) is 0 Å². The van der Waals surface area contributed by atoms with E-state index in [1.54, 1.807) is 13.8 Å². The van der Waals surface area contributed by atoms with Crippen LogP contribution in [0.15, 0.2) is 57.2 Å². The largest absolute Gasteiger partial charge is 0.357 e. The maximum Gasteiger partial charge on any atom is 0.241 e. The maximum atomic E-state index is 13.2. The van der Waals surface area contributed by atoms with Crippen LogP contribution in [0.5, 0.6) is 0 Å². The molecule has 1 atom stereocenters. The number of halogens is 1. The minimum Gasteiger partial charge on any atom is -0.357 e. The number of aliphatic hydroxyl groups is 2. The normalized spacial score (nSPS) is 19.5. The fraction of sp³-hybridized carbons (Fsp3) is 0.400. The highest BCUT2D eigenvalue weighted by Gasteiger charge is 2.36. The zero-order valence-electron chi connectivity index (χ0n) is 16.9. The standard InChI is InChI=1S/C20H24FNO6S3/c1-13(2)18-8-7-17(30(25,26)16-5-3-14(21)4-6-16)11-19(18)31(27,28)22-15-9-10-29-20(23,24)12-15/h3-8,11,13,15,22-24H,9-10,12H2,1-2H3. The minimum atomic E-state index is -4.16. The molecule has 1 saturated heterocycles. The van der Waals surface area contributed by atoms with Gasteiger partial charge >= 0.3 is 0 Å². The Balaban J connectivity index is 2.03. The van der Waals surface area contributed by atoms with Crippen LogP contribution < -0.4 is 4.72 Å². The second kappa shape index (κ2) is 8.80. The van der Waals surface area contributed by atoms with Crippen molar-refractivity contribution < 1.29 is 31.4 Å². The maximum absolute atomic E-state index is 13.2. The predicted molar refractivity (Wildman–Crippen MR) is 115 cm³/mol. The van der Waals surface area contributed by atoms with Crippen LogP contribution in [-0.4, -0.2) is 44.0 Å². The summed E-state index contributed by atoms with van der Waals surface area (Å²) >= 11 is 0.929. The van der Waals surface area contributed by atoms with Crippen LogP contribution in [0.3, 0.4) is 0 Å². The van der Waals surface area contributed by atoms with E-state index in [1.165, 1.54) is 12.1 Å². The molecule has 0 bridgehead atoms. The van der Waals surface area contributed by atoms with Crippen LogP contribution in [0.1, 0.15) is 38.2 Å². The molecule has 31 heavy (non-hydrogen) atoms. The summed E-state index contributed by atoms with van der Waals surface area (Å²) in [4.78, 5) is -0.579. The Bertz CT molecular complexity index is 1160. The topological polar surface area (TPSA) is 121 Å². The summed E-state index contributed by atoms with van der Waals surface area (Å²) in [6.45, 7) is 3.57. The molecule has 0 amide bonds. The Morgan fingerprint density at radius 2 is 1.68 bits per heavy atom. The third kappa shape index (κ3) is 5.47. The summed E-state index contributed by atoms with van der Waals surface area (Å²) in [5.41, 5.74) is 0.426. The van der Waals surface area contributed by atoms with Gasteiger partial charge in [-0.15, -0.1) is 0 Å². The van der Waals surface area contributed by atoms with Crippen molar-refractivity contribution in [2.45, 2.75) is 58.5 Å². The fourth-order valence-electron chi connectivity index (χ4n) is 3.37. The van der Waals surface area contributed by atoms with Gasteiger partial charge in [0.25, 0.3) is 0 Å². The molecule has 7 nitrogen and oxygen atoms in total. The average Bonchev–Trinajstić information content (AvgIpc) is 2.66. The number of hydrogen-bond acceptors (Lipinski definition) is 7. The molecule has 1 unspecified atom stereocenters. The molecular formula is C20H24FNO6S3. The summed E-state index contributed by atoms with van der Waals surface area (Å²) in [5, 5.41) is 17.6. The number of benzene rings is 2. The van der Waals surface area contributed by atoms with Gasteiger partial charge < -0.3 is 10.2 Å². The van der Waals surface area contributed by atoms with E-state index in [4.69, 9.17) is 0 Å². The van der Waals surface area contributed by atoms with Gasteiger partial charge in [0, 0.05) is 12.5 Å². The molecule has 1 heterocycles. The minimum absolute atomic E-state index is 0.155. The van der Waals surface area contributed by atoms with Gasteiger partial charge in [-0.25, -0.2) is 25.9 Å². The van der Waals surface area contributed by atoms with Crippen LogP contribution in [0.2, 0.25) is 0 Å². The molecule has 3 N–H and O–H groups in total. The highest BCUT2D eigenvalue weighted by molar-refractivity contribution is 8.00. The van der Waals surface area contributed by atoms with Crippen molar-refractivity contribution >= 4 is 31.6 Å². The van der Waals surface area contributed by atoms with E-state index in [2.05, 4.69) is 4.72 Å². The fourth-order valence-corrected chi connectivity index (χ4v) is 7.44. The molecule has 170 valence electrons. The first-order chi connectivity index (χ1) is 14.3. The van der Waals surface area contributed by atoms with Crippen LogP contribution in [0, 0.1) is 5.82 Å². The Kier molecular flexibility index (Phi) is 6.85. The molecule has 11 heteroatoms. The SMILES string of the molecule is CC(C)c1ccc(S(=O)(=O)c2ccc(F)cc2)cc1S(=O)(=O)NC1CCSC(O)(O)C1. The molecule has 0 aromatic heterocycles. The van der Waals surface area contributed by atoms with E-state index in [0.717, 1.165) is 42.1 Å². The first kappa shape index (κ1) is 24.1. The third-order valence-corrected chi connectivity index (χ3v) is 9.38. The number of rotatable bonds is 6. The van der Waals surface area contributed by atoms with Crippen molar-refractivity contribution in [1.29, 1.82) is 0 Å². The van der Waals surface area contributed by atoms with Crippen molar-refractivity contribution in [3.05, 3.63) is 53.8 Å². The smallest absolute Gasteiger partial charge is 0.241 e. The van der Waals surface area contributed by atoms with E-state index in [9.17, 15) is 31.4 Å². The molecular weight excluding hydrogens is 465 g/mol. The summed E-state index contributed by atoms with van der Waals surface area (Å²) in [5.74, 6) is -0.446. The molecule has 2 aromatic carbocycles. The molecule has 1 fully saturated rings. The lowest BCUT2D eigenvalue weighted by Gasteiger charge is -2.32. The van der Waals surface area contributed by atoms with Gasteiger partial charge in [0.1, 0.15) is 5.82 Å². The molecule has 1 aliphatic rings. The van der Waals surface area contributed by atoms with E-state index >= 15 is 0 Å². The molecule has 2 aromatic rings. The Morgan fingerprint density at radius 1 is 1.06 bits per heavy atom. The van der Waals surface area contributed by atoms with E-state index in [1.807, 2.05) is 0 Å². The lowest BCUT2D eigenvalue weighted by atomic mass is 10.0. The Morgan fingerprint density at radius 3 is 2.26 bits per heavy atom. The monoisotopic (exact) mass is 489 g/mol. The molecule has 0 radical (unpaired) electrons. The van der Waals surface area contributed by atoms with Gasteiger partial charge in [0.15, 0.2) is 0 Å². The van der Waals surface area contributed by atoms with Crippen LogP contribution in [0.4, 0.5) is 4.39 Å². The number of sulfone groups is 1. The molecule has 0 saturated carbocycles. The zero-order valence-corrected chi connectivity index (χ0v) is 19.4. The lowest BCUT2D eigenvalue weighted by molar-refractivity contribution is -0.0888. The second-order valence-electron chi connectivity index (χ2n) is 7.71. The van der Waals surface area contributed by atoms with Crippen LogP contribution in [0.25, 0.3) is 0 Å². The van der Waals surface area contributed by atoms with Crippen molar-refractivity contribution in [2.24, 2.45) is 0 Å². The van der Waals surface area contributed by atoms with Gasteiger partial charge in [0.05, 0.1) is 14.7 Å². The molecule has 0 aliphatic carbocycles. The van der Waals surface area contributed by atoms with Gasteiger partial charge in [-0.3, -0.25) is 0 Å². The molecule has 0 spiro atoms. The van der Waals surface area contributed by atoms with Crippen LogP contribution in [-0.2, 0) is 19.9 Å². The molecule has 1 aliphatic heterocycles. The summed E-state index contributed by atoms with van der Waals surface area (Å²) < 4.78 is 68.0. The Hall–Kier alpha value is -1.50. The summed E-state index contributed by atoms with van der Waals surface area (Å²) in [6, 6.07) is 7.45. The highest BCUT2D eigenvalue weighted by atomic mass is 32.2. The van der Waals surface area contributed by atoms with Gasteiger partial charge in [-0.2, -0.15) is 0 Å². The quantitative estimate of drug-likeness (QED) is 0.421. The number of hydrogen-bond donors (Lipinski definition) is 3. The van der Waals surface area contributed by atoms with E-state index in [-0.39, 0.29) is 27.0 Å². The number of nitrogens with one attached hydrogen (secondary N) is 1. The molecule has 3 rings (SSSR count). The first-order valence-electron chi connectivity index (χ1n) is 9.57. The van der Waals surface area contributed by atoms with Gasteiger partial charge in [-0.05, 0) is 60.1 Å². The van der Waals surface area contributed by atoms with E-state index < -0.39 is 36.8 Å². The average molecular weight is 490 g/mol. The van der Waals surface area contributed by atoms with Crippen LogP contribution >= 0.6 is 11.8 Å². The highest BCUT2D eigenvalue weighted by Crippen LogP contribution is 2.34. The first-order valence-corrected chi connectivity index (χ1v) is 13.5. The van der Waals surface area contributed by atoms with E-state index in [0.29, 0.717) is 17.7 Å². The van der Waals surface area contributed by atoms with Crippen molar-refractivity contribution in [3.63, 3.8) is 0 Å². The summed E-state index contributed by atoms with van der Waals surface area (Å²) in [7, 11) is -8.24. The van der Waals surface area contributed by atoms with Gasteiger partial charge in [0.2, 0.25) is 25.0 Å². The lowest BCUT2D eigenvalue weighted by Crippen LogP contribution is -2.44. The van der Waals surface area contributed by atoms with Gasteiger partial charge in [-0.1, -0.05) is 31.7 Å².